The molecule has 6 nitrogen and oxygen atoms in total. The molecule has 0 aromatic carbocycles. The first-order chi connectivity index (χ1) is 7.86. The van der Waals surface area contributed by atoms with Gasteiger partial charge in [-0.3, -0.25) is 5.84 Å². The molecule has 0 fully saturated rings. The summed E-state index contributed by atoms with van der Waals surface area (Å²) in [4.78, 5) is 12.3. The van der Waals surface area contributed by atoms with Crippen molar-refractivity contribution in [3.63, 3.8) is 0 Å². The Bertz CT molecular complexity index is 438. The van der Waals surface area contributed by atoms with E-state index >= 15 is 0 Å². The van der Waals surface area contributed by atoms with Gasteiger partial charge >= 0.3 is 0 Å². The third-order valence-corrected chi connectivity index (χ3v) is 2.41. The van der Waals surface area contributed by atoms with Gasteiger partial charge in [-0.1, -0.05) is 0 Å². The lowest BCUT2D eigenvalue weighted by Gasteiger charge is -2.15. The van der Waals surface area contributed by atoms with E-state index in [2.05, 4.69) is 27.3 Å². The summed E-state index contributed by atoms with van der Waals surface area (Å²) in [5.41, 5.74) is 3.53. The van der Waals surface area contributed by atoms with Gasteiger partial charge in [-0.25, -0.2) is 20.4 Å². The van der Waals surface area contributed by atoms with Gasteiger partial charge in [-0.2, -0.15) is 0 Å². The molecule has 2 heterocycles. The zero-order valence-electron chi connectivity index (χ0n) is 9.04. The number of hydrazine groups is 1. The first-order valence-electron chi connectivity index (χ1n) is 5.10. The Labute approximate surface area is 93.5 Å². The Balaban J connectivity index is 2.37. The molecule has 2 aromatic heterocycles. The molecule has 0 bridgehead atoms. The lowest BCUT2D eigenvalue weighted by atomic mass is 10.2. The summed E-state index contributed by atoms with van der Waals surface area (Å²) in [6.07, 6.45) is 6.86. The van der Waals surface area contributed by atoms with E-state index in [9.17, 15) is 0 Å². The molecular formula is C10H14N6. The van der Waals surface area contributed by atoms with Crippen LogP contribution in [0.4, 0.5) is 0 Å². The zero-order valence-corrected chi connectivity index (χ0v) is 9.04. The number of nitrogens with zero attached hydrogens (tertiary/aromatic N) is 4. The van der Waals surface area contributed by atoms with Gasteiger partial charge in [-0.05, 0) is 13.0 Å². The second-order valence-corrected chi connectivity index (χ2v) is 3.31. The molecule has 0 saturated heterocycles. The van der Waals surface area contributed by atoms with Crippen molar-refractivity contribution in [1.29, 1.82) is 0 Å². The van der Waals surface area contributed by atoms with Crippen LogP contribution >= 0.6 is 0 Å². The molecule has 1 atom stereocenters. The highest BCUT2D eigenvalue weighted by atomic mass is 15.3. The van der Waals surface area contributed by atoms with Crippen molar-refractivity contribution in [3.05, 3.63) is 42.5 Å². The minimum absolute atomic E-state index is 0.210. The minimum atomic E-state index is -0.210. The summed E-state index contributed by atoms with van der Waals surface area (Å²) in [5.74, 6) is 6.41. The van der Waals surface area contributed by atoms with Gasteiger partial charge in [0.05, 0.1) is 5.69 Å². The summed E-state index contributed by atoms with van der Waals surface area (Å²) >= 11 is 0. The van der Waals surface area contributed by atoms with Crippen molar-refractivity contribution in [1.82, 2.24) is 24.9 Å². The molecule has 0 aliphatic heterocycles. The smallest absolute Gasteiger partial charge is 0.133 e. The fourth-order valence-corrected chi connectivity index (χ4v) is 1.61. The molecule has 6 heteroatoms. The maximum absolute atomic E-state index is 5.56. The Kier molecular flexibility index (Phi) is 3.23. The van der Waals surface area contributed by atoms with Gasteiger partial charge in [-0.15, -0.1) is 0 Å². The number of nitrogens with one attached hydrogen (secondary N) is 1. The van der Waals surface area contributed by atoms with Crippen molar-refractivity contribution >= 4 is 0 Å². The summed E-state index contributed by atoms with van der Waals surface area (Å²) < 4.78 is 2.02. The number of hydrogen-bond acceptors (Lipinski definition) is 5. The quantitative estimate of drug-likeness (QED) is 0.567. The number of rotatable bonds is 4. The summed E-state index contributed by atoms with van der Waals surface area (Å²) in [7, 11) is 0. The molecule has 0 spiro atoms. The Morgan fingerprint density at radius 2 is 2.31 bits per heavy atom. The van der Waals surface area contributed by atoms with Crippen molar-refractivity contribution < 1.29 is 0 Å². The standard InChI is InChI=1S/C10H14N6/c1-2-16-6-5-13-10(16)9(15-11)8-3-4-12-7-14-8/h3-7,9,15H,2,11H2,1H3. The van der Waals surface area contributed by atoms with Gasteiger partial charge < -0.3 is 4.57 Å². The van der Waals surface area contributed by atoms with E-state index in [1.165, 1.54) is 6.33 Å². The largest absolute Gasteiger partial charge is 0.334 e. The van der Waals surface area contributed by atoms with Gasteiger partial charge in [0.25, 0.3) is 0 Å². The third-order valence-electron chi connectivity index (χ3n) is 2.41. The topological polar surface area (TPSA) is 81.7 Å². The zero-order chi connectivity index (χ0) is 11.4. The maximum Gasteiger partial charge on any atom is 0.133 e. The fourth-order valence-electron chi connectivity index (χ4n) is 1.61. The fraction of sp³-hybridized carbons (Fsp3) is 0.300. The van der Waals surface area contributed by atoms with Crippen LogP contribution in [0.15, 0.2) is 31.0 Å². The molecule has 2 rings (SSSR count). The number of hydrogen-bond donors (Lipinski definition) is 2. The SMILES string of the molecule is CCn1ccnc1C(NN)c1ccncn1. The van der Waals surface area contributed by atoms with Gasteiger partial charge in [0.2, 0.25) is 0 Å². The molecule has 3 N–H and O–H groups in total. The third kappa shape index (κ3) is 1.93. The number of aromatic nitrogens is 4. The van der Waals surface area contributed by atoms with E-state index in [0.29, 0.717) is 0 Å². The second-order valence-electron chi connectivity index (χ2n) is 3.31. The summed E-state index contributed by atoms with van der Waals surface area (Å²) in [5, 5.41) is 0. The molecule has 0 aliphatic carbocycles. The van der Waals surface area contributed by atoms with Crippen molar-refractivity contribution in [2.24, 2.45) is 5.84 Å². The van der Waals surface area contributed by atoms with Crippen molar-refractivity contribution in [3.8, 4) is 0 Å². The van der Waals surface area contributed by atoms with Crippen LogP contribution in [0, 0.1) is 0 Å². The van der Waals surface area contributed by atoms with E-state index in [0.717, 1.165) is 18.1 Å². The molecule has 84 valence electrons. The van der Waals surface area contributed by atoms with Crippen molar-refractivity contribution in [2.45, 2.75) is 19.5 Å². The molecule has 0 saturated carbocycles. The first-order valence-corrected chi connectivity index (χ1v) is 5.10. The highest BCUT2D eigenvalue weighted by molar-refractivity contribution is 5.15. The number of aryl methyl sites for hydroxylation is 1. The molecule has 0 radical (unpaired) electrons. The second kappa shape index (κ2) is 4.82. The van der Waals surface area contributed by atoms with Crippen LogP contribution < -0.4 is 11.3 Å². The van der Waals surface area contributed by atoms with Gasteiger partial charge in [0.1, 0.15) is 18.2 Å². The van der Waals surface area contributed by atoms with Crippen LogP contribution in [-0.4, -0.2) is 19.5 Å². The molecule has 0 amide bonds. The van der Waals surface area contributed by atoms with Crippen LogP contribution in [0.1, 0.15) is 24.5 Å². The Morgan fingerprint density at radius 3 is 2.94 bits per heavy atom. The first kappa shape index (κ1) is 10.7. The van der Waals surface area contributed by atoms with E-state index in [-0.39, 0.29) is 6.04 Å². The Hall–Kier alpha value is -1.79. The van der Waals surface area contributed by atoms with Crippen LogP contribution in [-0.2, 0) is 6.54 Å². The lowest BCUT2D eigenvalue weighted by Crippen LogP contribution is -2.31. The van der Waals surface area contributed by atoms with Crippen molar-refractivity contribution in [2.75, 3.05) is 0 Å². The molecule has 2 aromatic rings. The van der Waals surface area contributed by atoms with E-state index in [4.69, 9.17) is 5.84 Å². The highest BCUT2D eigenvalue weighted by Crippen LogP contribution is 2.16. The minimum Gasteiger partial charge on any atom is -0.334 e. The predicted octanol–water partition coefficient (Wildman–Crippen LogP) is 0.246. The van der Waals surface area contributed by atoms with E-state index < -0.39 is 0 Å². The van der Waals surface area contributed by atoms with Crippen LogP contribution in [0.25, 0.3) is 0 Å². The molecule has 16 heavy (non-hydrogen) atoms. The Morgan fingerprint density at radius 1 is 1.44 bits per heavy atom. The lowest BCUT2D eigenvalue weighted by molar-refractivity contribution is 0.549. The van der Waals surface area contributed by atoms with E-state index in [1.54, 1.807) is 12.4 Å². The highest BCUT2D eigenvalue weighted by Gasteiger charge is 2.18. The molecular weight excluding hydrogens is 204 g/mol. The monoisotopic (exact) mass is 218 g/mol. The average Bonchev–Trinajstić information content (AvgIpc) is 2.80. The number of nitrogens with two attached hydrogens (primary N) is 1. The van der Waals surface area contributed by atoms with Gasteiger partial charge in [0, 0.05) is 25.1 Å². The van der Waals surface area contributed by atoms with E-state index in [1.807, 2.05) is 16.8 Å². The molecule has 0 aliphatic rings. The average molecular weight is 218 g/mol. The predicted molar refractivity (Wildman–Crippen MR) is 59.1 cm³/mol. The van der Waals surface area contributed by atoms with Gasteiger partial charge in [0.15, 0.2) is 0 Å². The summed E-state index contributed by atoms with van der Waals surface area (Å²) in [6, 6.07) is 1.61. The van der Waals surface area contributed by atoms with Crippen LogP contribution in [0.3, 0.4) is 0 Å². The summed E-state index contributed by atoms with van der Waals surface area (Å²) in [6.45, 7) is 2.90. The van der Waals surface area contributed by atoms with Crippen LogP contribution in [0.5, 0.6) is 0 Å². The molecule has 1 unspecified atom stereocenters. The maximum atomic E-state index is 5.56. The number of imidazole rings is 1. The van der Waals surface area contributed by atoms with Crippen LogP contribution in [0.2, 0.25) is 0 Å². The normalized spacial score (nSPS) is 12.6.